The molecule has 2 heteroatoms. The number of nitrogens with one attached hydrogen (secondary N) is 1. The van der Waals surface area contributed by atoms with E-state index in [1.165, 1.54) is 11.1 Å². The third kappa shape index (κ3) is 3.72. The number of carbonyl (C=O) groups is 1. The van der Waals surface area contributed by atoms with E-state index in [0.29, 0.717) is 5.56 Å². The molecular formula is C22H21NO. The first kappa shape index (κ1) is 16.0. The number of hydrogen-bond donors (Lipinski definition) is 1. The average Bonchev–Trinajstić information content (AvgIpc) is 2.62. The zero-order chi connectivity index (χ0) is 16.9. The third-order valence-corrected chi connectivity index (χ3v) is 4.15. The van der Waals surface area contributed by atoms with Crippen molar-refractivity contribution in [2.24, 2.45) is 0 Å². The summed E-state index contributed by atoms with van der Waals surface area (Å²) in [7, 11) is 0. The molecule has 0 heterocycles. The molecule has 120 valence electrons. The van der Waals surface area contributed by atoms with Crippen molar-refractivity contribution in [2.75, 3.05) is 0 Å². The molecule has 0 fully saturated rings. The van der Waals surface area contributed by atoms with E-state index in [-0.39, 0.29) is 11.9 Å². The minimum atomic E-state index is -0.0432. The summed E-state index contributed by atoms with van der Waals surface area (Å²) in [6.45, 7) is 3.99. The van der Waals surface area contributed by atoms with Crippen LogP contribution in [0.2, 0.25) is 0 Å². The van der Waals surface area contributed by atoms with Gasteiger partial charge in [-0.05, 0) is 42.7 Å². The maximum absolute atomic E-state index is 12.4. The molecule has 0 saturated heterocycles. The van der Waals surface area contributed by atoms with Crippen molar-refractivity contribution in [1.29, 1.82) is 0 Å². The summed E-state index contributed by atoms with van der Waals surface area (Å²) in [5, 5.41) is 3.06. The summed E-state index contributed by atoms with van der Waals surface area (Å²) in [6.07, 6.45) is 0. The molecule has 1 atom stereocenters. The highest BCUT2D eigenvalue weighted by molar-refractivity contribution is 5.94. The topological polar surface area (TPSA) is 29.1 Å². The van der Waals surface area contributed by atoms with Gasteiger partial charge in [-0.15, -0.1) is 0 Å². The number of rotatable bonds is 4. The Labute approximate surface area is 143 Å². The van der Waals surface area contributed by atoms with E-state index >= 15 is 0 Å². The zero-order valence-corrected chi connectivity index (χ0v) is 14.0. The molecule has 0 aliphatic carbocycles. The van der Waals surface area contributed by atoms with Gasteiger partial charge in [0.15, 0.2) is 0 Å². The smallest absolute Gasteiger partial charge is 0.251 e. The highest BCUT2D eigenvalue weighted by Gasteiger charge is 2.11. The van der Waals surface area contributed by atoms with Gasteiger partial charge in [0, 0.05) is 5.56 Å². The predicted octanol–water partition coefficient (Wildman–Crippen LogP) is 5.15. The van der Waals surface area contributed by atoms with Gasteiger partial charge in [0.1, 0.15) is 0 Å². The molecule has 0 aromatic heterocycles. The van der Waals surface area contributed by atoms with Crippen LogP contribution in [-0.4, -0.2) is 5.91 Å². The largest absolute Gasteiger partial charge is 0.346 e. The molecular weight excluding hydrogens is 294 g/mol. The Balaban J connectivity index is 1.71. The first-order chi connectivity index (χ1) is 11.6. The lowest BCUT2D eigenvalue weighted by Crippen LogP contribution is -2.26. The predicted molar refractivity (Wildman–Crippen MR) is 98.9 cm³/mol. The molecule has 3 aromatic carbocycles. The van der Waals surface area contributed by atoms with E-state index in [9.17, 15) is 4.79 Å². The van der Waals surface area contributed by atoms with Crippen molar-refractivity contribution < 1.29 is 4.79 Å². The first-order valence-electron chi connectivity index (χ1n) is 8.16. The molecule has 0 unspecified atom stereocenters. The number of amides is 1. The van der Waals surface area contributed by atoms with E-state index in [2.05, 4.69) is 41.7 Å². The fourth-order valence-corrected chi connectivity index (χ4v) is 2.74. The maximum Gasteiger partial charge on any atom is 0.251 e. The Morgan fingerprint density at radius 2 is 1.50 bits per heavy atom. The standard InChI is InChI=1S/C22H21NO/c1-16-7-6-10-21(15-16)22(24)23-17(2)18-11-13-20(14-12-18)19-8-4-3-5-9-19/h3-15,17H,1-2H3,(H,23,24)/t17-/m0/s1. The molecule has 1 amide bonds. The van der Waals surface area contributed by atoms with Gasteiger partial charge in [0.2, 0.25) is 0 Å². The summed E-state index contributed by atoms with van der Waals surface area (Å²) in [5.41, 5.74) is 5.25. The molecule has 2 nitrogen and oxygen atoms in total. The average molecular weight is 315 g/mol. The van der Waals surface area contributed by atoms with E-state index in [4.69, 9.17) is 0 Å². The van der Waals surface area contributed by atoms with Crippen LogP contribution in [-0.2, 0) is 0 Å². The van der Waals surface area contributed by atoms with Gasteiger partial charge in [-0.2, -0.15) is 0 Å². The van der Waals surface area contributed by atoms with Crippen molar-refractivity contribution in [3.05, 3.63) is 95.6 Å². The molecule has 0 aliphatic heterocycles. The molecule has 24 heavy (non-hydrogen) atoms. The van der Waals surface area contributed by atoms with Gasteiger partial charge in [-0.25, -0.2) is 0 Å². The summed E-state index contributed by atoms with van der Waals surface area (Å²) < 4.78 is 0. The van der Waals surface area contributed by atoms with Gasteiger partial charge in [-0.3, -0.25) is 4.79 Å². The van der Waals surface area contributed by atoms with Gasteiger partial charge in [-0.1, -0.05) is 72.3 Å². The van der Waals surface area contributed by atoms with Crippen molar-refractivity contribution in [1.82, 2.24) is 5.32 Å². The number of hydrogen-bond acceptors (Lipinski definition) is 1. The van der Waals surface area contributed by atoms with E-state index in [0.717, 1.165) is 11.1 Å². The van der Waals surface area contributed by atoms with E-state index in [1.54, 1.807) is 0 Å². The molecule has 1 N–H and O–H groups in total. The van der Waals surface area contributed by atoms with Crippen molar-refractivity contribution in [3.63, 3.8) is 0 Å². The van der Waals surface area contributed by atoms with Crippen LogP contribution in [0, 0.1) is 6.92 Å². The lowest BCUT2D eigenvalue weighted by molar-refractivity contribution is 0.0940. The fraction of sp³-hybridized carbons (Fsp3) is 0.136. The van der Waals surface area contributed by atoms with Crippen LogP contribution < -0.4 is 5.32 Å². The van der Waals surface area contributed by atoms with Crippen LogP contribution in [0.3, 0.4) is 0 Å². The molecule has 0 saturated carbocycles. The van der Waals surface area contributed by atoms with Crippen molar-refractivity contribution in [3.8, 4) is 11.1 Å². The fourth-order valence-electron chi connectivity index (χ4n) is 2.74. The highest BCUT2D eigenvalue weighted by Crippen LogP contribution is 2.22. The van der Waals surface area contributed by atoms with Crippen molar-refractivity contribution >= 4 is 5.91 Å². The molecule has 0 aliphatic rings. The molecule has 0 bridgehead atoms. The quantitative estimate of drug-likeness (QED) is 0.708. The third-order valence-electron chi connectivity index (χ3n) is 4.15. The van der Waals surface area contributed by atoms with Crippen LogP contribution in [0.5, 0.6) is 0 Å². The summed E-state index contributed by atoms with van der Waals surface area (Å²) in [6, 6.07) is 26.2. The monoisotopic (exact) mass is 315 g/mol. The second-order valence-electron chi connectivity index (χ2n) is 6.05. The first-order valence-corrected chi connectivity index (χ1v) is 8.16. The Bertz CT molecular complexity index is 822. The van der Waals surface area contributed by atoms with Crippen LogP contribution in [0.4, 0.5) is 0 Å². The van der Waals surface area contributed by atoms with Gasteiger partial charge >= 0.3 is 0 Å². The van der Waals surface area contributed by atoms with Gasteiger partial charge in [0.25, 0.3) is 5.91 Å². The summed E-state index contributed by atoms with van der Waals surface area (Å²) in [5.74, 6) is -0.0432. The Morgan fingerprint density at radius 1 is 0.833 bits per heavy atom. The van der Waals surface area contributed by atoms with Crippen LogP contribution in [0.1, 0.15) is 34.5 Å². The molecule has 3 aromatic rings. The summed E-state index contributed by atoms with van der Waals surface area (Å²) >= 11 is 0. The number of benzene rings is 3. The molecule has 0 spiro atoms. The minimum Gasteiger partial charge on any atom is -0.346 e. The number of aryl methyl sites for hydroxylation is 1. The van der Waals surface area contributed by atoms with Gasteiger partial charge in [0.05, 0.1) is 6.04 Å². The Morgan fingerprint density at radius 3 is 2.17 bits per heavy atom. The second-order valence-corrected chi connectivity index (χ2v) is 6.05. The second kappa shape index (κ2) is 7.14. The van der Waals surface area contributed by atoms with Crippen LogP contribution >= 0.6 is 0 Å². The van der Waals surface area contributed by atoms with Crippen molar-refractivity contribution in [2.45, 2.75) is 19.9 Å². The number of carbonyl (C=O) groups excluding carboxylic acids is 1. The lowest BCUT2D eigenvalue weighted by atomic mass is 10.0. The van der Waals surface area contributed by atoms with Crippen LogP contribution in [0.15, 0.2) is 78.9 Å². The Hall–Kier alpha value is -2.87. The molecule has 3 rings (SSSR count). The normalized spacial score (nSPS) is 11.8. The highest BCUT2D eigenvalue weighted by atomic mass is 16.1. The van der Waals surface area contributed by atoms with E-state index < -0.39 is 0 Å². The minimum absolute atomic E-state index is 0.0390. The van der Waals surface area contributed by atoms with Gasteiger partial charge < -0.3 is 5.32 Å². The Kier molecular flexibility index (Phi) is 4.76. The lowest BCUT2D eigenvalue weighted by Gasteiger charge is -2.15. The summed E-state index contributed by atoms with van der Waals surface area (Å²) in [4.78, 5) is 12.4. The van der Waals surface area contributed by atoms with Crippen LogP contribution in [0.25, 0.3) is 11.1 Å². The maximum atomic E-state index is 12.4. The SMILES string of the molecule is Cc1cccc(C(=O)N[C@@H](C)c2ccc(-c3ccccc3)cc2)c1. The molecule has 0 radical (unpaired) electrons. The van der Waals surface area contributed by atoms with E-state index in [1.807, 2.05) is 56.3 Å². The zero-order valence-electron chi connectivity index (χ0n) is 14.0.